The summed E-state index contributed by atoms with van der Waals surface area (Å²) in [5, 5.41) is 13.2. The van der Waals surface area contributed by atoms with Crippen LogP contribution in [0.1, 0.15) is 38.2 Å². The molecule has 0 aromatic heterocycles. The summed E-state index contributed by atoms with van der Waals surface area (Å²) in [5.41, 5.74) is 8.46. The van der Waals surface area contributed by atoms with Crippen LogP contribution in [0.5, 0.6) is 0 Å². The molecule has 0 saturated carbocycles. The molecule has 0 bridgehead atoms. The minimum atomic E-state index is -0.542. The minimum Gasteiger partial charge on any atom is -0.390 e. The van der Waals surface area contributed by atoms with Crippen LogP contribution in [0, 0.1) is 0 Å². The van der Waals surface area contributed by atoms with Gasteiger partial charge in [0, 0.05) is 16.7 Å². The van der Waals surface area contributed by atoms with Gasteiger partial charge in [0.05, 0.1) is 0 Å². The van der Waals surface area contributed by atoms with Crippen LogP contribution in [0.4, 0.5) is 0 Å². The van der Waals surface area contributed by atoms with Gasteiger partial charge in [-0.15, -0.1) is 0 Å². The van der Waals surface area contributed by atoms with Crippen molar-refractivity contribution in [3.8, 4) is 0 Å². The number of oxime groups is 1. The second-order valence-corrected chi connectivity index (χ2v) is 6.67. The summed E-state index contributed by atoms with van der Waals surface area (Å²) in [6.07, 6.45) is 1.95. The summed E-state index contributed by atoms with van der Waals surface area (Å²) < 4.78 is 0. The van der Waals surface area contributed by atoms with Crippen molar-refractivity contribution in [1.82, 2.24) is 5.48 Å². The number of rotatable bonds is 4. The Balaban J connectivity index is 1.60. The molecule has 0 heterocycles. The van der Waals surface area contributed by atoms with Gasteiger partial charge in [-0.05, 0) is 41.7 Å². The SMILES string of the molecule is O=C(NO)c1ccc(CON=C2c3ccccc3CCc3ccccc32)cc1. The molecule has 28 heavy (non-hydrogen) atoms. The second-order valence-electron chi connectivity index (χ2n) is 6.67. The Bertz CT molecular complexity index is 977. The molecule has 1 amide bonds. The Hall–Kier alpha value is -3.44. The van der Waals surface area contributed by atoms with Crippen molar-refractivity contribution in [2.45, 2.75) is 19.4 Å². The molecule has 0 aliphatic heterocycles. The molecule has 5 nitrogen and oxygen atoms in total. The smallest absolute Gasteiger partial charge is 0.274 e. The zero-order valence-electron chi connectivity index (χ0n) is 15.3. The predicted molar refractivity (Wildman–Crippen MR) is 106 cm³/mol. The Morgan fingerprint density at radius 1 is 0.893 bits per heavy atom. The van der Waals surface area contributed by atoms with E-state index in [0.29, 0.717) is 5.56 Å². The molecule has 4 rings (SSSR count). The van der Waals surface area contributed by atoms with Crippen molar-refractivity contribution in [1.29, 1.82) is 0 Å². The highest BCUT2D eigenvalue weighted by molar-refractivity contribution is 6.14. The number of hydrogen-bond acceptors (Lipinski definition) is 4. The third kappa shape index (κ3) is 3.66. The van der Waals surface area contributed by atoms with E-state index >= 15 is 0 Å². The van der Waals surface area contributed by atoms with Crippen LogP contribution in [0.2, 0.25) is 0 Å². The number of carbonyl (C=O) groups is 1. The molecule has 0 fully saturated rings. The average molecular weight is 372 g/mol. The number of amides is 1. The zero-order valence-corrected chi connectivity index (χ0v) is 15.3. The molecular weight excluding hydrogens is 352 g/mol. The molecule has 5 heteroatoms. The number of hydroxylamine groups is 1. The van der Waals surface area contributed by atoms with Gasteiger partial charge < -0.3 is 4.84 Å². The van der Waals surface area contributed by atoms with Gasteiger partial charge in [-0.1, -0.05) is 65.8 Å². The van der Waals surface area contributed by atoms with Crippen molar-refractivity contribution in [3.05, 3.63) is 106 Å². The molecule has 3 aromatic rings. The van der Waals surface area contributed by atoms with E-state index < -0.39 is 5.91 Å². The summed E-state index contributed by atoms with van der Waals surface area (Å²) in [6.45, 7) is 0.287. The van der Waals surface area contributed by atoms with Crippen molar-refractivity contribution in [2.24, 2.45) is 5.16 Å². The second kappa shape index (κ2) is 8.06. The molecule has 0 spiro atoms. The molecule has 2 N–H and O–H groups in total. The summed E-state index contributed by atoms with van der Waals surface area (Å²) in [4.78, 5) is 17.1. The standard InChI is InChI=1S/C23H20N2O3/c26-23(24-27)19-11-9-16(10-12-19)15-28-25-22-20-7-3-1-5-17(20)13-14-18-6-2-4-8-21(18)22/h1-12,27H,13-15H2,(H,24,26). The number of hydrogen-bond donors (Lipinski definition) is 2. The molecule has 140 valence electrons. The highest BCUT2D eigenvalue weighted by Gasteiger charge is 2.19. The van der Waals surface area contributed by atoms with Crippen LogP contribution < -0.4 is 5.48 Å². The van der Waals surface area contributed by atoms with Gasteiger partial charge >= 0.3 is 0 Å². The van der Waals surface area contributed by atoms with E-state index in [4.69, 9.17) is 10.0 Å². The Labute approximate surface area is 163 Å². The normalized spacial score (nSPS) is 12.4. The molecule has 3 aromatic carbocycles. The molecule has 0 unspecified atom stereocenters. The summed E-state index contributed by atoms with van der Waals surface area (Å²) in [6, 6.07) is 23.4. The first-order valence-electron chi connectivity index (χ1n) is 9.16. The fourth-order valence-electron chi connectivity index (χ4n) is 3.44. The van der Waals surface area contributed by atoms with Crippen molar-refractivity contribution in [3.63, 3.8) is 0 Å². The van der Waals surface area contributed by atoms with Crippen LogP contribution in [-0.2, 0) is 24.3 Å². The average Bonchev–Trinajstić information content (AvgIpc) is 2.91. The number of benzene rings is 3. The molecule has 0 atom stereocenters. The monoisotopic (exact) mass is 372 g/mol. The lowest BCUT2D eigenvalue weighted by molar-refractivity contribution is 0.0706. The number of carbonyl (C=O) groups excluding carboxylic acids is 1. The first-order valence-corrected chi connectivity index (χ1v) is 9.16. The minimum absolute atomic E-state index is 0.287. The van der Waals surface area contributed by atoms with E-state index in [-0.39, 0.29) is 6.61 Å². The van der Waals surface area contributed by atoms with Crippen molar-refractivity contribution >= 4 is 11.6 Å². The highest BCUT2D eigenvalue weighted by Crippen LogP contribution is 2.25. The fourth-order valence-corrected chi connectivity index (χ4v) is 3.44. The van der Waals surface area contributed by atoms with E-state index in [1.807, 2.05) is 12.1 Å². The van der Waals surface area contributed by atoms with Gasteiger partial charge in [-0.25, -0.2) is 5.48 Å². The van der Waals surface area contributed by atoms with Crippen LogP contribution in [0.25, 0.3) is 0 Å². The van der Waals surface area contributed by atoms with Gasteiger partial charge in [-0.2, -0.15) is 0 Å². The third-order valence-corrected chi connectivity index (χ3v) is 4.91. The van der Waals surface area contributed by atoms with Crippen LogP contribution in [0.3, 0.4) is 0 Å². The number of nitrogens with zero attached hydrogens (tertiary/aromatic N) is 1. The zero-order chi connectivity index (χ0) is 19.3. The van der Waals surface area contributed by atoms with Gasteiger partial charge in [0.2, 0.25) is 0 Å². The van der Waals surface area contributed by atoms with E-state index in [9.17, 15) is 4.79 Å². The Morgan fingerprint density at radius 3 is 2.04 bits per heavy atom. The van der Waals surface area contributed by atoms with Gasteiger partial charge in [0.15, 0.2) is 0 Å². The first kappa shape index (κ1) is 17.9. The molecule has 1 aliphatic carbocycles. The number of aryl methyl sites for hydroxylation is 2. The van der Waals surface area contributed by atoms with Gasteiger partial charge in [-0.3, -0.25) is 10.0 Å². The maximum atomic E-state index is 11.4. The topological polar surface area (TPSA) is 70.9 Å². The fraction of sp³-hybridized carbons (Fsp3) is 0.130. The van der Waals surface area contributed by atoms with Crippen molar-refractivity contribution in [2.75, 3.05) is 0 Å². The molecule has 1 aliphatic rings. The van der Waals surface area contributed by atoms with E-state index in [1.165, 1.54) is 11.1 Å². The van der Waals surface area contributed by atoms with E-state index in [1.54, 1.807) is 29.7 Å². The van der Waals surface area contributed by atoms with Crippen LogP contribution >= 0.6 is 0 Å². The first-order chi connectivity index (χ1) is 13.8. The summed E-state index contributed by atoms with van der Waals surface area (Å²) in [5.74, 6) is -0.542. The molecular formula is C23H20N2O3. The van der Waals surface area contributed by atoms with E-state index in [0.717, 1.165) is 35.2 Å². The Kier molecular flexibility index (Phi) is 5.17. The number of fused-ring (bicyclic) bond motifs is 2. The highest BCUT2D eigenvalue weighted by atomic mass is 16.6. The van der Waals surface area contributed by atoms with E-state index in [2.05, 4.69) is 41.6 Å². The maximum absolute atomic E-state index is 11.4. The largest absolute Gasteiger partial charge is 0.390 e. The predicted octanol–water partition coefficient (Wildman–Crippen LogP) is 3.87. The molecule has 0 saturated heterocycles. The Morgan fingerprint density at radius 2 is 1.46 bits per heavy atom. The van der Waals surface area contributed by atoms with Crippen LogP contribution in [0.15, 0.2) is 78.0 Å². The lowest BCUT2D eigenvalue weighted by Crippen LogP contribution is -2.18. The van der Waals surface area contributed by atoms with Gasteiger partial charge in [0.1, 0.15) is 12.3 Å². The van der Waals surface area contributed by atoms with Gasteiger partial charge in [0.25, 0.3) is 5.91 Å². The number of nitrogens with one attached hydrogen (secondary N) is 1. The van der Waals surface area contributed by atoms with Crippen LogP contribution in [-0.4, -0.2) is 16.8 Å². The summed E-state index contributed by atoms with van der Waals surface area (Å²) >= 11 is 0. The maximum Gasteiger partial charge on any atom is 0.274 e. The lowest BCUT2D eigenvalue weighted by Gasteiger charge is -2.10. The molecule has 0 radical (unpaired) electrons. The quantitative estimate of drug-likeness (QED) is 0.539. The van der Waals surface area contributed by atoms with Crippen molar-refractivity contribution < 1.29 is 14.8 Å². The summed E-state index contributed by atoms with van der Waals surface area (Å²) in [7, 11) is 0. The lowest BCUT2D eigenvalue weighted by atomic mass is 9.98. The third-order valence-electron chi connectivity index (χ3n) is 4.91.